The number of nitrogens with zero attached hydrogens (tertiary/aromatic N) is 5. The van der Waals surface area contributed by atoms with Crippen molar-refractivity contribution >= 4 is 45.1 Å². The van der Waals surface area contributed by atoms with E-state index in [-0.39, 0.29) is 17.6 Å². The van der Waals surface area contributed by atoms with Gasteiger partial charge in [-0.25, -0.2) is 9.97 Å². The van der Waals surface area contributed by atoms with Crippen LogP contribution in [-0.2, 0) is 6.18 Å². The van der Waals surface area contributed by atoms with Gasteiger partial charge in [-0.05, 0) is 50.2 Å². The van der Waals surface area contributed by atoms with Crippen molar-refractivity contribution in [3.8, 4) is 0 Å². The Balaban J connectivity index is 1.16. The predicted molar refractivity (Wildman–Crippen MR) is 126 cm³/mol. The molecule has 3 fully saturated rings. The Hall–Kier alpha value is -2.07. The van der Waals surface area contributed by atoms with Crippen molar-refractivity contribution in [1.29, 1.82) is 0 Å². The summed E-state index contributed by atoms with van der Waals surface area (Å²) in [6.07, 6.45) is -3.53. The molecular weight excluding hydrogens is 467 g/mol. The Labute approximate surface area is 198 Å². The van der Waals surface area contributed by atoms with Crippen molar-refractivity contribution < 1.29 is 13.2 Å². The SMILES string of the molecule is Cc1c(N2CC3C(CSc4nc5ccccc5s4)C3C2)nc(N2CC[C@@H]2C)nc1C(F)(F)F. The van der Waals surface area contributed by atoms with Gasteiger partial charge in [0.05, 0.1) is 10.2 Å². The van der Waals surface area contributed by atoms with Crippen LogP contribution in [0, 0.1) is 24.7 Å². The maximum atomic E-state index is 13.7. The monoisotopic (exact) mass is 491 g/mol. The number of para-hydroxylation sites is 1. The van der Waals surface area contributed by atoms with E-state index in [1.165, 1.54) is 11.6 Å². The summed E-state index contributed by atoms with van der Waals surface area (Å²) in [5, 5.41) is 0. The molecular formula is C23H24F3N5S2. The molecule has 33 heavy (non-hydrogen) atoms. The van der Waals surface area contributed by atoms with E-state index in [9.17, 15) is 13.2 Å². The van der Waals surface area contributed by atoms with Crippen LogP contribution in [0.5, 0.6) is 0 Å². The van der Waals surface area contributed by atoms with Crippen LogP contribution in [0.25, 0.3) is 10.2 Å². The summed E-state index contributed by atoms with van der Waals surface area (Å²) in [5.74, 6) is 3.30. The van der Waals surface area contributed by atoms with E-state index in [2.05, 4.69) is 16.0 Å². The molecule has 6 rings (SSSR count). The third-order valence-corrected chi connectivity index (χ3v) is 9.62. The Morgan fingerprint density at radius 3 is 2.52 bits per heavy atom. The molecule has 174 valence electrons. The molecule has 1 aromatic carbocycles. The Bertz CT molecular complexity index is 1170. The number of benzene rings is 1. The average Bonchev–Trinajstić information content (AvgIpc) is 3.10. The van der Waals surface area contributed by atoms with Gasteiger partial charge in [0.25, 0.3) is 0 Å². The highest BCUT2D eigenvalue weighted by Crippen LogP contribution is 2.55. The first kappa shape index (κ1) is 21.5. The fourth-order valence-electron chi connectivity index (χ4n) is 5.17. The third kappa shape index (κ3) is 3.75. The molecule has 0 amide bonds. The summed E-state index contributed by atoms with van der Waals surface area (Å²) < 4.78 is 43.5. The van der Waals surface area contributed by atoms with Crippen molar-refractivity contribution in [1.82, 2.24) is 15.0 Å². The molecule has 10 heteroatoms. The molecule has 2 unspecified atom stereocenters. The van der Waals surface area contributed by atoms with Gasteiger partial charge in [-0.3, -0.25) is 0 Å². The second-order valence-corrected chi connectivity index (χ2v) is 11.6. The molecule has 3 atom stereocenters. The number of rotatable bonds is 5. The smallest absolute Gasteiger partial charge is 0.356 e. The number of hydrogen-bond acceptors (Lipinski definition) is 7. The number of thioether (sulfide) groups is 1. The lowest BCUT2D eigenvalue weighted by molar-refractivity contribution is -0.141. The predicted octanol–water partition coefficient (Wildman–Crippen LogP) is 5.49. The first-order chi connectivity index (χ1) is 15.8. The zero-order valence-corrected chi connectivity index (χ0v) is 20.0. The second-order valence-electron chi connectivity index (χ2n) is 9.30. The Morgan fingerprint density at radius 1 is 1.12 bits per heavy atom. The molecule has 5 nitrogen and oxygen atoms in total. The quantitative estimate of drug-likeness (QED) is 0.440. The van der Waals surface area contributed by atoms with E-state index in [4.69, 9.17) is 4.98 Å². The number of halogens is 3. The summed E-state index contributed by atoms with van der Waals surface area (Å²) >= 11 is 3.53. The fourth-order valence-corrected chi connectivity index (χ4v) is 7.57. The van der Waals surface area contributed by atoms with Crippen LogP contribution in [0.15, 0.2) is 28.6 Å². The normalized spacial score (nSPS) is 26.6. The van der Waals surface area contributed by atoms with Gasteiger partial charge in [-0.1, -0.05) is 23.9 Å². The lowest BCUT2D eigenvalue weighted by Gasteiger charge is -2.39. The Morgan fingerprint density at radius 2 is 1.88 bits per heavy atom. The van der Waals surface area contributed by atoms with Crippen molar-refractivity contribution in [2.75, 3.05) is 35.2 Å². The number of alkyl halides is 3. The molecule has 0 radical (unpaired) electrons. The second kappa shape index (κ2) is 7.73. The van der Waals surface area contributed by atoms with E-state index in [0.29, 0.717) is 30.1 Å². The van der Waals surface area contributed by atoms with Crippen LogP contribution in [0.4, 0.5) is 24.9 Å². The molecule has 1 aliphatic carbocycles. The first-order valence-corrected chi connectivity index (χ1v) is 13.1. The molecule has 3 aromatic rings. The number of piperidine rings is 1. The fraction of sp³-hybridized carbons (Fsp3) is 0.522. The van der Waals surface area contributed by atoms with Crippen molar-refractivity contribution in [2.24, 2.45) is 17.8 Å². The lowest BCUT2D eigenvalue weighted by Crippen LogP contribution is -2.47. The molecule has 2 aromatic heterocycles. The Kier molecular flexibility index (Phi) is 5.03. The van der Waals surface area contributed by atoms with Crippen molar-refractivity contribution in [3.63, 3.8) is 0 Å². The zero-order valence-electron chi connectivity index (χ0n) is 18.3. The highest BCUT2D eigenvalue weighted by Gasteiger charge is 2.56. The average molecular weight is 492 g/mol. The molecule has 0 spiro atoms. The summed E-state index contributed by atoms with van der Waals surface area (Å²) in [4.78, 5) is 17.2. The van der Waals surface area contributed by atoms with E-state index in [0.717, 1.165) is 35.1 Å². The zero-order chi connectivity index (χ0) is 22.9. The summed E-state index contributed by atoms with van der Waals surface area (Å²) in [6.45, 7) is 5.74. The molecule has 2 aliphatic heterocycles. The van der Waals surface area contributed by atoms with Gasteiger partial charge >= 0.3 is 6.18 Å². The summed E-state index contributed by atoms with van der Waals surface area (Å²) in [5.41, 5.74) is 0.380. The van der Waals surface area contributed by atoms with Gasteiger partial charge in [0.2, 0.25) is 5.95 Å². The molecule has 1 saturated carbocycles. The van der Waals surface area contributed by atoms with Crippen LogP contribution in [0.3, 0.4) is 0 Å². The van der Waals surface area contributed by atoms with Crippen LogP contribution < -0.4 is 9.80 Å². The number of anilines is 2. The third-order valence-electron chi connectivity index (χ3n) is 7.30. The first-order valence-electron chi connectivity index (χ1n) is 11.3. The van der Waals surface area contributed by atoms with Gasteiger partial charge in [0.1, 0.15) is 5.82 Å². The van der Waals surface area contributed by atoms with Crippen molar-refractivity contribution in [2.45, 2.75) is 36.8 Å². The van der Waals surface area contributed by atoms with E-state index < -0.39 is 11.9 Å². The number of fused-ring (bicyclic) bond motifs is 2. The molecule has 0 bridgehead atoms. The minimum atomic E-state index is -4.48. The minimum absolute atomic E-state index is 0.140. The molecule has 3 aliphatic rings. The molecule has 4 heterocycles. The van der Waals surface area contributed by atoms with E-state index >= 15 is 0 Å². The van der Waals surface area contributed by atoms with Crippen LogP contribution >= 0.6 is 23.1 Å². The van der Waals surface area contributed by atoms with E-state index in [1.807, 2.05) is 34.9 Å². The summed E-state index contributed by atoms with van der Waals surface area (Å²) in [7, 11) is 0. The number of aromatic nitrogens is 3. The number of thiazole rings is 1. The topological polar surface area (TPSA) is 45.2 Å². The highest BCUT2D eigenvalue weighted by molar-refractivity contribution is 8.01. The van der Waals surface area contributed by atoms with Gasteiger partial charge in [0, 0.05) is 37.0 Å². The van der Waals surface area contributed by atoms with Gasteiger partial charge in [-0.15, -0.1) is 11.3 Å². The molecule has 0 N–H and O–H groups in total. The van der Waals surface area contributed by atoms with Crippen LogP contribution in [0.2, 0.25) is 0 Å². The number of hydrogen-bond donors (Lipinski definition) is 0. The standard InChI is InChI=1S/C23H24F3N5S2/c1-12-7-8-31(12)21-28-19(23(24,25)26)13(2)20(29-21)30-9-14-15(10-30)16(14)11-32-22-27-17-5-3-4-6-18(17)33-22/h3-6,12,14-16H,7-11H2,1-2H3/t12-,14?,15?,16?/m0/s1. The van der Waals surface area contributed by atoms with Gasteiger partial charge in [-0.2, -0.15) is 18.2 Å². The summed E-state index contributed by atoms with van der Waals surface area (Å²) in [6, 6.07) is 8.34. The minimum Gasteiger partial charge on any atom is -0.356 e. The van der Waals surface area contributed by atoms with E-state index in [1.54, 1.807) is 23.1 Å². The van der Waals surface area contributed by atoms with Crippen molar-refractivity contribution in [3.05, 3.63) is 35.5 Å². The molecule has 2 saturated heterocycles. The lowest BCUT2D eigenvalue weighted by atomic mass is 10.1. The maximum absolute atomic E-state index is 13.7. The maximum Gasteiger partial charge on any atom is 0.433 e. The van der Waals surface area contributed by atoms with Crippen LogP contribution in [0.1, 0.15) is 24.6 Å². The van der Waals surface area contributed by atoms with Crippen LogP contribution in [-0.4, -0.2) is 46.4 Å². The van der Waals surface area contributed by atoms with Gasteiger partial charge < -0.3 is 9.80 Å². The highest BCUT2D eigenvalue weighted by atomic mass is 32.2. The largest absolute Gasteiger partial charge is 0.433 e. The van der Waals surface area contributed by atoms with Gasteiger partial charge in [0.15, 0.2) is 10.0 Å².